The molecule has 2 aliphatic heterocycles. The quantitative estimate of drug-likeness (QED) is 0.715. The fourth-order valence-corrected chi connectivity index (χ4v) is 2.49. The molecule has 1 saturated heterocycles. The van der Waals surface area contributed by atoms with Crippen LogP contribution in [0.5, 0.6) is 0 Å². The van der Waals surface area contributed by atoms with Crippen LogP contribution >= 0.6 is 0 Å². The lowest BCUT2D eigenvalue weighted by Crippen LogP contribution is -2.15. The molecule has 0 unspecified atom stereocenters. The molecule has 1 fully saturated rings. The van der Waals surface area contributed by atoms with E-state index < -0.39 is 0 Å². The number of nitrogens with zero attached hydrogens (tertiary/aromatic N) is 2. The highest BCUT2D eigenvalue weighted by atomic mass is 16.5. The number of nitrogens with one attached hydrogen (secondary N) is 1. The Balaban J connectivity index is 2.02. The molecular formula is C10H15N3O. The number of hydrogen-bond acceptors (Lipinski definition) is 3. The molecule has 3 heterocycles. The van der Waals surface area contributed by atoms with Gasteiger partial charge in [-0.1, -0.05) is 0 Å². The van der Waals surface area contributed by atoms with Crippen molar-refractivity contribution in [3.05, 3.63) is 17.2 Å². The second-order valence-corrected chi connectivity index (χ2v) is 4.04. The van der Waals surface area contributed by atoms with E-state index in [1.165, 1.54) is 11.4 Å². The van der Waals surface area contributed by atoms with Gasteiger partial charge in [-0.2, -0.15) is 0 Å². The number of aryl methyl sites for hydroxylation is 1. The molecule has 1 N–H and O–H groups in total. The molecule has 4 heteroatoms. The van der Waals surface area contributed by atoms with E-state index in [1.807, 2.05) is 0 Å². The molecule has 76 valence electrons. The topological polar surface area (TPSA) is 39.1 Å². The van der Waals surface area contributed by atoms with Gasteiger partial charge >= 0.3 is 0 Å². The van der Waals surface area contributed by atoms with Crippen molar-refractivity contribution < 1.29 is 4.74 Å². The number of hydrogen-bond donors (Lipinski definition) is 1. The molecule has 1 aromatic rings. The summed E-state index contributed by atoms with van der Waals surface area (Å²) in [5.74, 6) is 1.15. The lowest BCUT2D eigenvalue weighted by Gasteiger charge is -2.14. The molecule has 0 saturated carbocycles. The van der Waals surface area contributed by atoms with Crippen LogP contribution in [0.2, 0.25) is 0 Å². The Kier molecular flexibility index (Phi) is 1.85. The van der Waals surface area contributed by atoms with E-state index in [2.05, 4.69) is 21.8 Å². The first-order valence-corrected chi connectivity index (χ1v) is 5.21. The summed E-state index contributed by atoms with van der Waals surface area (Å²) >= 11 is 0. The fraction of sp³-hybridized carbons (Fsp3) is 0.700. The van der Waals surface area contributed by atoms with Gasteiger partial charge in [-0.05, 0) is 13.3 Å². The van der Waals surface area contributed by atoms with E-state index in [9.17, 15) is 0 Å². The standard InChI is InChI=1S/C10H15N3O/c1-7-12-9-4-11-5-10(9)13(7)8-2-3-14-6-8/h8,11H,2-6H2,1H3/t8-/m0/s1. The third kappa shape index (κ3) is 1.11. The zero-order chi connectivity index (χ0) is 9.54. The van der Waals surface area contributed by atoms with E-state index in [0.29, 0.717) is 6.04 Å². The second kappa shape index (κ2) is 3.07. The maximum Gasteiger partial charge on any atom is 0.106 e. The van der Waals surface area contributed by atoms with Gasteiger partial charge in [0.2, 0.25) is 0 Å². The van der Waals surface area contributed by atoms with E-state index in [1.54, 1.807) is 0 Å². The van der Waals surface area contributed by atoms with Crippen LogP contribution in [0.15, 0.2) is 0 Å². The Morgan fingerprint density at radius 2 is 2.43 bits per heavy atom. The molecule has 0 bridgehead atoms. The van der Waals surface area contributed by atoms with E-state index in [0.717, 1.165) is 38.5 Å². The molecule has 4 nitrogen and oxygen atoms in total. The number of imidazole rings is 1. The maximum absolute atomic E-state index is 5.43. The Bertz CT molecular complexity index is 352. The molecule has 3 rings (SSSR count). The van der Waals surface area contributed by atoms with Crippen molar-refractivity contribution in [3.8, 4) is 0 Å². The van der Waals surface area contributed by atoms with Crippen molar-refractivity contribution in [3.63, 3.8) is 0 Å². The van der Waals surface area contributed by atoms with Gasteiger partial charge in [0.05, 0.1) is 24.0 Å². The molecule has 0 aromatic carbocycles. The third-order valence-corrected chi connectivity index (χ3v) is 3.12. The molecule has 0 amide bonds. The van der Waals surface area contributed by atoms with Gasteiger partial charge in [0.1, 0.15) is 5.82 Å². The summed E-state index contributed by atoms with van der Waals surface area (Å²) in [6, 6.07) is 0.520. The summed E-state index contributed by atoms with van der Waals surface area (Å²) in [6.07, 6.45) is 1.13. The lowest BCUT2D eigenvalue weighted by molar-refractivity contribution is 0.185. The van der Waals surface area contributed by atoms with Gasteiger partial charge in [-0.15, -0.1) is 0 Å². The minimum absolute atomic E-state index is 0.520. The van der Waals surface area contributed by atoms with Crippen molar-refractivity contribution in [2.75, 3.05) is 13.2 Å². The van der Waals surface area contributed by atoms with Crippen molar-refractivity contribution in [1.82, 2.24) is 14.9 Å². The summed E-state index contributed by atoms with van der Waals surface area (Å²) in [5.41, 5.74) is 2.60. The predicted molar refractivity (Wildman–Crippen MR) is 52.0 cm³/mol. The Labute approximate surface area is 83.3 Å². The normalized spacial score (nSPS) is 25.6. The van der Waals surface area contributed by atoms with Crippen LogP contribution in [0.4, 0.5) is 0 Å². The third-order valence-electron chi connectivity index (χ3n) is 3.12. The van der Waals surface area contributed by atoms with Gasteiger partial charge in [0.15, 0.2) is 0 Å². The van der Waals surface area contributed by atoms with Crippen LogP contribution < -0.4 is 5.32 Å². The first kappa shape index (κ1) is 8.44. The molecular weight excluding hydrogens is 178 g/mol. The molecule has 1 aromatic heterocycles. The minimum Gasteiger partial charge on any atom is -0.379 e. The maximum atomic E-state index is 5.43. The van der Waals surface area contributed by atoms with Crippen LogP contribution in [0, 0.1) is 6.92 Å². The van der Waals surface area contributed by atoms with Crippen LogP contribution in [-0.4, -0.2) is 22.8 Å². The van der Waals surface area contributed by atoms with Crippen LogP contribution in [0.25, 0.3) is 0 Å². The average molecular weight is 193 g/mol. The van der Waals surface area contributed by atoms with E-state index >= 15 is 0 Å². The number of ether oxygens (including phenoxy) is 1. The SMILES string of the molecule is Cc1nc2c(n1[C@H]1CCOC1)CNC2. The summed E-state index contributed by atoms with van der Waals surface area (Å²) < 4.78 is 7.79. The Morgan fingerprint density at radius 3 is 3.21 bits per heavy atom. The van der Waals surface area contributed by atoms with Gasteiger partial charge in [0, 0.05) is 19.7 Å². The number of rotatable bonds is 1. The van der Waals surface area contributed by atoms with E-state index in [-0.39, 0.29) is 0 Å². The summed E-state index contributed by atoms with van der Waals surface area (Å²) in [5, 5.41) is 3.33. The fourth-order valence-electron chi connectivity index (χ4n) is 2.49. The predicted octanol–water partition coefficient (Wildman–Crippen LogP) is 0.756. The molecule has 0 aliphatic carbocycles. The van der Waals surface area contributed by atoms with E-state index in [4.69, 9.17) is 4.74 Å². The average Bonchev–Trinajstić information content (AvgIpc) is 2.78. The largest absolute Gasteiger partial charge is 0.379 e. The van der Waals surface area contributed by atoms with Gasteiger partial charge < -0.3 is 14.6 Å². The van der Waals surface area contributed by atoms with Crippen molar-refractivity contribution >= 4 is 0 Å². The first-order valence-electron chi connectivity index (χ1n) is 5.21. The molecule has 0 spiro atoms. The lowest BCUT2D eigenvalue weighted by atomic mass is 10.2. The number of fused-ring (bicyclic) bond motifs is 1. The van der Waals surface area contributed by atoms with Gasteiger partial charge in [-0.25, -0.2) is 4.98 Å². The smallest absolute Gasteiger partial charge is 0.106 e. The van der Waals surface area contributed by atoms with Crippen molar-refractivity contribution in [2.24, 2.45) is 0 Å². The highest BCUT2D eigenvalue weighted by Gasteiger charge is 2.26. The van der Waals surface area contributed by atoms with Crippen LogP contribution in [-0.2, 0) is 17.8 Å². The van der Waals surface area contributed by atoms with Gasteiger partial charge in [-0.3, -0.25) is 0 Å². The second-order valence-electron chi connectivity index (χ2n) is 4.04. The molecule has 14 heavy (non-hydrogen) atoms. The minimum atomic E-state index is 0.520. The monoisotopic (exact) mass is 193 g/mol. The highest BCUT2D eigenvalue weighted by molar-refractivity contribution is 5.21. The highest BCUT2D eigenvalue weighted by Crippen LogP contribution is 2.26. The molecule has 1 atom stereocenters. The van der Waals surface area contributed by atoms with Gasteiger partial charge in [0.25, 0.3) is 0 Å². The zero-order valence-corrected chi connectivity index (χ0v) is 8.42. The Morgan fingerprint density at radius 1 is 1.50 bits per heavy atom. The Hall–Kier alpha value is -0.870. The first-order chi connectivity index (χ1) is 6.86. The summed E-state index contributed by atoms with van der Waals surface area (Å²) in [6.45, 7) is 5.73. The molecule has 2 aliphatic rings. The van der Waals surface area contributed by atoms with Crippen molar-refractivity contribution in [1.29, 1.82) is 0 Å². The molecule has 0 radical (unpaired) electrons. The van der Waals surface area contributed by atoms with Crippen molar-refractivity contribution in [2.45, 2.75) is 32.5 Å². The van der Waals surface area contributed by atoms with Crippen LogP contribution in [0.1, 0.15) is 29.7 Å². The van der Waals surface area contributed by atoms with Crippen LogP contribution in [0.3, 0.4) is 0 Å². The summed E-state index contributed by atoms with van der Waals surface area (Å²) in [4.78, 5) is 4.58. The number of aromatic nitrogens is 2. The zero-order valence-electron chi connectivity index (χ0n) is 8.42. The summed E-state index contributed by atoms with van der Waals surface area (Å²) in [7, 11) is 0.